The molecule has 0 unspecified atom stereocenters. The number of rotatable bonds is 7. The highest BCUT2D eigenvalue weighted by Crippen LogP contribution is 2.30. The molecule has 0 aliphatic carbocycles. The van der Waals surface area contributed by atoms with Crippen LogP contribution in [0.1, 0.15) is 43.5 Å². The van der Waals surface area contributed by atoms with E-state index in [0.717, 1.165) is 56.6 Å². The van der Waals surface area contributed by atoms with Crippen molar-refractivity contribution in [2.24, 2.45) is 0 Å². The lowest BCUT2D eigenvalue weighted by molar-refractivity contribution is 0.241. The van der Waals surface area contributed by atoms with Gasteiger partial charge in [0, 0.05) is 50.9 Å². The molecule has 6 heteroatoms. The molecule has 2 aliphatic heterocycles. The highest BCUT2D eigenvalue weighted by Gasteiger charge is 2.21. The first kappa shape index (κ1) is 19.0. The monoisotopic (exact) mass is 382 g/mol. The third-order valence-corrected chi connectivity index (χ3v) is 5.40. The van der Waals surface area contributed by atoms with E-state index in [1.807, 2.05) is 26.1 Å². The van der Waals surface area contributed by atoms with Crippen LogP contribution in [0.5, 0.6) is 11.5 Å². The van der Waals surface area contributed by atoms with Crippen molar-refractivity contribution >= 4 is 5.95 Å². The first-order valence-electron chi connectivity index (χ1n) is 10.5. The Morgan fingerprint density at radius 1 is 1.00 bits per heavy atom. The third-order valence-electron chi connectivity index (χ3n) is 5.40. The molecule has 0 spiro atoms. The largest absolute Gasteiger partial charge is 0.490 e. The molecule has 0 N–H and O–H groups in total. The topological polar surface area (TPSA) is 50.7 Å². The van der Waals surface area contributed by atoms with Gasteiger partial charge in [0.15, 0.2) is 11.5 Å². The highest BCUT2D eigenvalue weighted by molar-refractivity contribution is 5.43. The fourth-order valence-electron chi connectivity index (χ4n) is 4.02. The van der Waals surface area contributed by atoms with Gasteiger partial charge in [-0.1, -0.05) is 6.07 Å². The van der Waals surface area contributed by atoms with Gasteiger partial charge >= 0.3 is 0 Å². The van der Waals surface area contributed by atoms with Crippen LogP contribution in [-0.2, 0) is 19.5 Å². The first-order chi connectivity index (χ1) is 13.8. The van der Waals surface area contributed by atoms with Gasteiger partial charge in [-0.2, -0.15) is 0 Å². The summed E-state index contributed by atoms with van der Waals surface area (Å²) in [6, 6.07) is 6.26. The minimum atomic E-state index is 0.636. The van der Waals surface area contributed by atoms with E-state index in [1.165, 1.54) is 29.7 Å². The predicted molar refractivity (Wildman–Crippen MR) is 110 cm³/mol. The summed E-state index contributed by atoms with van der Waals surface area (Å²) in [6.45, 7) is 10.2. The van der Waals surface area contributed by atoms with Crippen LogP contribution in [0.4, 0.5) is 5.95 Å². The van der Waals surface area contributed by atoms with Crippen molar-refractivity contribution in [3.05, 3.63) is 41.2 Å². The minimum absolute atomic E-state index is 0.636. The second-order valence-corrected chi connectivity index (χ2v) is 7.44. The molecule has 0 atom stereocenters. The van der Waals surface area contributed by atoms with Crippen molar-refractivity contribution in [2.45, 2.75) is 46.2 Å². The van der Waals surface area contributed by atoms with Crippen molar-refractivity contribution in [2.75, 3.05) is 37.7 Å². The molecule has 0 bridgehead atoms. The van der Waals surface area contributed by atoms with Crippen LogP contribution in [-0.4, -0.2) is 47.7 Å². The van der Waals surface area contributed by atoms with Crippen LogP contribution in [0.3, 0.4) is 0 Å². The van der Waals surface area contributed by atoms with Crippen LogP contribution in [0.25, 0.3) is 0 Å². The second-order valence-electron chi connectivity index (χ2n) is 7.44. The van der Waals surface area contributed by atoms with Crippen molar-refractivity contribution in [1.29, 1.82) is 0 Å². The van der Waals surface area contributed by atoms with Crippen LogP contribution in [0.15, 0.2) is 24.4 Å². The summed E-state index contributed by atoms with van der Waals surface area (Å²) < 4.78 is 11.4. The molecule has 1 fully saturated rings. The molecule has 3 heterocycles. The Balaban J connectivity index is 1.44. The van der Waals surface area contributed by atoms with Gasteiger partial charge < -0.3 is 14.4 Å². The standard InChI is InChI=1S/C22H30N4O2/c1-3-27-20-8-7-17(13-21(20)28-4-2)15-25-12-9-19-18(16-25)14-23-22(24-19)26-10-5-6-11-26/h7-8,13-14H,3-6,9-12,15-16H2,1-2H3. The van der Waals surface area contributed by atoms with Gasteiger partial charge in [-0.15, -0.1) is 0 Å². The van der Waals surface area contributed by atoms with Gasteiger partial charge in [0.25, 0.3) is 0 Å². The number of aromatic nitrogens is 2. The lowest BCUT2D eigenvalue weighted by Crippen LogP contribution is -2.31. The molecule has 0 amide bonds. The van der Waals surface area contributed by atoms with Crippen LogP contribution in [0.2, 0.25) is 0 Å². The van der Waals surface area contributed by atoms with E-state index in [9.17, 15) is 0 Å². The SMILES string of the molecule is CCOc1ccc(CN2CCc3nc(N4CCCC4)ncc3C2)cc1OCC. The van der Waals surface area contributed by atoms with E-state index < -0.39 is 0 Å². The molecule has 0 saturated carbocycles. The van der Waals surface area contributed by atoms with E-state index in [2.05, 4.69) is 26.9 Å². The minimum Gasteiger partial charge on any atom is -0.490 e. The molecular formula is C22H30N4O2. The predicted octanol–water partition coefficient (Wildman–Crippen LogP) is 3.43. The summed E-state index contributed by atoms with van der Waals surface area (Å²) in [5, 5.41) is 0. The van der Waals surface area contributed by atoms with E-state index >= 15 is 0 Å². The number of anilines is 1. The normalized spacial score (nSPS) is 16.9. The van der Waals surface area contributed by atoms with E-state index in [0.29, 0.717) is 13.2 Å². The van der Waals surface area contributed by atoms with Gasteiger partial charge in [0.1, 0.15) is 0 Å². The van der Waals surface area contributed by atoms with Crippen LogP contribution >= 0.6 is 0 Å². The number of ether oxygens (including phenoxy) is 2. The average Bonchev–Trinajstić information content (AvgIpc) is 3.25. The molecule has 1 saturated heterocycles. The summed E-state index contributed by atoms with van der Waals surface area (Å²) in [7, 11) is 0. The maximum absolute atomic E-state index is 5.77. The maximum Gasteiger partial charge on any atom is 0.225 e. The summed E-state index contributed by atoms with van der Waals surface area (Å²) in [4.78, 5) is 14.3. The van der Waals surface area contributed by atoms with Crippen molar-refractivity contribution in [3.8, 4) is 11.5 Å². The van der Waals surface area contributed by atoms with Crippen molar-refractivity contribution in [3.63, 3.8) is 0 Å². The zero-order valence-electron chi connectivity index (χ0n) is 17.0. The molecule has 2 aromatic rings. The number of benzene rings is 1. The van der Waals surface area contributed by atoms with E-state index in [1.54, 1.807) is 0 Å². The molecule has 2 aliphatic rings. The summed E-state index contributed by atoms with van der Waals surface area (Å²) >= 11 is 0. The number of nitrogens with zero attached hydrogens (tertiary/aromatic N) is 4. The molecule has 4 rings (SSSR count). The fraction of sp³-hybridized carbons (Fsp3) is 0.545. The zero-order chi connectivity index (χ0) is 19.3. The van der Waals surface area contributed by atoms with E-state index in [4.69, 9.17) is 14.5 Å². The number of fused-ring (bicyclic) bond motifs is 1. The van der Waals surface area contributed by atoms with Gasteiger partial charge in [-0.3, -0.25) is 4.90 Å². The van der Waals surface area contributed by atoms with Crippen molar-refractivity contribution in [1.82, 2.24) is 14.9 Å². The Labute approximate surface area is 167 Å². The van der Waals surface area contributed by atoms with Gasteiger partial charge in [-0.05, 0) is 44.4 Å². The second kappa shape index (κ2) is 8.78. The Hall–Kier alpha value is -2.34. The highest BCUT2D eigenvalue weighted by atomic mass is 16.5. The lowest BCUT2D eigenvalue weighted by atomic mass is 10.1. The third kappa shape index (κ3) is 4.22. The molecule has 150 valence electrons. The maximum atomic E-state index is 5.77. The molecule has 1 aromatic heterocycles. The number of hydrogen-bond donors (Lipinski definition) is 0. The molecule has 28 heavy (non-hydrogen) atoms. The quantitative estimate of drug-likeness (QED) is 0.731. The molecular weight excluding hydrogens is 352 g/mol. The summed E-state index contributed by atoms with van der Waals surface area (Å²) in [6.07, 6.45) is 5.51. The van der Waals surface area contributed by atoms with E-state index in [-0.39, 0.29) is 0 Å². The Morgan fingerprint density at radius 3 is 2.57 bits per heavy atom. The average molecular weight is 383 g/mol. The molecule has 6 nitrogen and oxygen atoms in total. The molecule has 0 radical (unpaired) electrons. The van der Waals surface area contributed by atoms with Crippen LogP contribution in [0, 0.1) is 0 Å². The van der Waals surface area contributed by atoms with Crippen molar-refractivity contribution < 1.29 is 9.47 Å². The van der Waals surface area contributed by atoms with Gasteiger partial charge in [0.05, 0.1) is 18.9 Å². The van der Waals surface area contributed by atoms with Gasteiger partial charge in [-0.25, -0.2) is 9.97 Å². The summed E-state index contributed by atoms with van der Waals surface area (Å²) in [5.41, 5.74) is 3.71. The summed E-state index contributed by atoms with van der Waals surface area (Å²) in [5.74, 6) is 2.57. The fourth-order valence-corrected chi connectivity index (χ4v) is 4.02. The first-order valence-corrected chi connectivity index (χ1v) is 10.5. The van der Waals surface area contributed by atoms with Gasteiger partial charge in [0.2, 0.25) is 5.95 Å². The molecule has 1 aromatic carbocycles. The zero-order valence-corrected chi connectivity index (χ0v) is 17.0. The Bertz CT molecular complexity index is 805. The lowest BCUT2D eigenvalue weighted by Gasteiger charge is -2.29. The Morgan fingerprint density at radius 2 is 1.79 bits per heavy atom. The number of hydrogen-bond acceptors (Lipinski definition) is 6. The smallest absolute Gasteiger partial charge is 0.225 e. The van der Waals surface area contributed by atoms with Crippen LogP contribution < -0.4 is 14.4 Å². The Kier molecular flexibility index (Phi) is 5.95.